The fourth-order valence-electron chi connectivity index (χ4n) is 4.00. The molecule has 2 saturated heterocycles. The third kappa shape index (κ3) is 4.54. The lowest BCUT2D eigenvalue weighted by Crippen LogP contribution is -2.51. The molecule has 1 unspecified atom stereocenters. The molecule has 0 N–H and O–H groups in total. The summed E-state index contributed by atoms with van der Waals surface area (Å²) in [6, 6.07) is 2.31. The van der Waals surface area contributed by atoms with Gasteiger partial charge in [0.2, 0.25) is 0 Å². The number of rotatable bonds is 4. The van der Waals surface area contributed by atoms with Crippen molar-refractivity contribution < 1.29 is 14.3 Å². The lowest BCUT2D eigenvalue weighted by atomic mass is 10.00. The van der Waals surface area contributed by atoms with Crippen molar-refractivity contribution in [3.05, 3.63) is 17.6 Å². The van der Waals surface area contributed by atoms with Crippen LogP contribution >= 0.6 is 0 Å². The van der Waals surface area contributed by atoms with Crippen LogP contribution in [0.3, 0.4) is 0 Å². The lowest BCUT2D eigenvalue weighted by Gasteiger charge is -2.36. The minimum absolute atomic E-state index is 0.0969. The van der Waals surface area contributed by atoms with Crippen LogP contribution in [-0.2, 0) is 4.74 Å². The molecular formula is C20H31N5O3. The van der Waals surface area contributed by atoms with Gasteiger partial charge >= 0.3 is 6.09 Å². The standard InChI is InChI=1S/C20H31N5O3/c1-4-16-8-6-7-9-25(16)18-14-17(21-15(3)22-18)19(26)23-10-12-24(13-11-23)20(27)28-5-2/h14,16H,4-13H2,1-3H3. The second-order valence-corrected chi connectivity index (χ2v) is 7.39. The van der Waals surface area contributed by atoms with Gasteiger partial charge in [-0.05, 0) is 39.5 Å². The van der Waals surface area contributed by atoms with E-state index in [0.29, 0.717) is 50.3 Å². The summed E-state index contributed by atoms with van der Waals surface area (Å²) in [6.07, 6.45) is 4.32. The van der Waals surface area contributed by atoms with E-state index in [1.807, 2.05) is 13.0 Å². The Labute approximate surface area is 166 Å². The van der Waals surface area contributed by atoms with Gasteiger partial charge in [0.15, 0.2) is 0 Å². The number of piperidine rings is 1. The molecule has 0 aliphatic carbocycles. The number of piperazine rings is 1. The molecule has 0 radical (unpaired) electrons. The summed E-state index contributed by atoms with van der Waals surface area (Å²) in [5.41, 5.74) is 0.438. The van der Waals surface area contributed by atoms with Gasteiger partial charge in [-0.25, -0.2) is 14.8 Å². The Morgan fingerprint density at radius 2 is 1.79 bits per heavy atom. The average Bonchev–Trinajstić information content (AvgIpc) is 2.73. The zero-order chi connectivity index (χ0) is 20.1. The van der Waals surface area contributed by atoms with E-state index in [0.717, 1.165) is 25.2 Å². The van der Waals surface area contributed by atoms with Gasteiger partial charge < -0.3 is 19.4 Å². The van der Waals surface area contributed by atoms with Crippen molar-refractivity contribution in [2.45, 2.75) is 52.5 Å². The van der Waals surface area contributed by atoms with Gasteiger partial charge in [0.1, 0.15) is 17.3 Å². The zero-order valence-corrected chi connectivity index (χ0v) is 17.2. The predicted octanol–water partition coefficient (Wildman–Crippen LogP) is 2.47. The van der Waals surface area contributed by atoms with Crippen LogP contribution in [0.4, 0.5) is 10.6 Å². The number of anilines is 1. The van der Waals surface area contributed by atoms with Gasteiger partial charge in [-0.3, -0.25) is 4.79 Å². The molecule has 0 bridgehead atoms. The Hall–Kier alpha value is -2.38. The van der Waals surface area contributed by atoms with E-state index in [-0.39, 0.29) is 12.0 Å². The van der Waals surface area contributed by atoms with Crippen LogP contribution in [0.2, 0.25) is 0 Å². The quantitative estimate of drug-likeness (QED) is 0.787. The molecule has 2 aliphatic heterocycles. The third-order valence-corrected chi connectivity index (χ3v) is 5.53. The molecule has 1 atom stereocenters. The summed E-state index contributed by atoms with van der Waals surface area (Å²) in [7, 11) is 0. The molecule has 3 rings (SSSR count). The van der Waals surface area contributed by atoms with E-state index < -0.39 is 0 Å². The number of amides is 2. The Kier molecular flexibility index (Phi) is 6.70. The van der Waals surface area contributed by atoms with E-state index in [4.69, 9.17) is 4.74 Å². The Morgan fingerprint density at radius 1 is 1.07 bits per heavy atom. The number of hydrogen-bond acceptors (Lipinski definition) is 6. The summed E-state index contributed by atoms with van der Waals surface area (Å²) in [5.74, 6) is 1.37. The Balaban J connectivity index is 1.71. The summed E-state index contributed by atoms with van der Waals surface area (Å²) in [5, 5.41) is 0. The first-order valence-electron chi connectivity index (χ1n) is 10.4. The summed E-state index contributed by atoms with van der Waals surface area (Å²) < 4.78 is 5.04. The molecule has 2 fully saturated rings. The minimum atomic E-state index is -0.314. The molecule has 1 aromatic heterocycles. The van der Waals surface area contributed by atoms with Gasteiger partial charge in [-0.2, -0.15) is 0 Å². The van der Waals surface area contributed by atoms with Crippen molar-refractivity contribution >= 4 is 17.8 Å². The first-order chi connectivity index (χ1) is 13.5. The normalized spacial score (nSPS) is 20.2. The Bertz CT molecular complexity index is 703. The summed E-state index contributed by atoms with van der Waals surface area (Å²) in [6.45, 7) is 9.08. The van der Waals surface area contributed by atoms with Crippen molar-refractivity contribution in [2.24, 2.45) is 0 Å². The molecule has 0 saturated carbocycles. The molecule has 1 aromatic rings. The number of aryl methyl sites for hydroxylation is 1. The topological polar surface area (TPSA) is 78.9 Å². The van der Waals surface area contributed by atoms with Crippen LogP contribution in [0.1, 0.15) is 55.8 Å². The minimum Gasteiger partial charge on any atom is -0.450 e. The highest BCUT2D eigenvalue weighted by atomic mass is 16.6. The maximum absolute atomic E-state index is 13.0. The van der Waals surface area contributed by atoms with E-state index in [2.05, 4.69) is 21.8 Å². The molecule has 2 amide bonds. The highest BCUT2D eigenvalue weighted by Gasteiger charge is 2.28. The van der Waals surface area contributed by atoms with Gasteiger partial charge in [0, 0.05) is 44.8 Å². The monoisotopic (exact) mass is 389 g/mol. The first kappa shape index (κ1) is 20.4. The first-order valence-corrected chi connectivity index (χ1v) is 10.4. The number of carbonyl (C=O) groups excluding carboxylic acids is 2. The molecule has 2 aliphatic rings. The molecule has 0 aromatic carbocycles. The highest BCUT2D eigenvalue weighted by Crippen LogP contribution is 2.26. The molecular weight excluding hydrogens is 358 g/mol. The maximum atomic E-state index is 13.0. The SMILES string of the molecule is CCOC(=O)N1CCN(C(=O)c2cc(N3CCCCC3CC)nc(C)n2)CC1. The van der Waals surface area contributed by atoms with E-state index in [1.54, 1.807) is 16.7 Å². The average molecular weight is 390 g/mol. The fourth-order valence-corrected chi connectivity index (χ4v) is 4.00. The molecule has 28 heavy (non-hydrogen) atoms. The predicted molar refractivity (Wildman–Crippen MR) is 107 cm³/mol. The largest absolute Gasteiger partial charge is 0.450 e. The Morgan fingerprint density at radius 3 is 2.46 bits per heavy atom. The number of ether oxygens (including phenoxy) is 1. The highest BCUT2D eigenvalue weighted by molar-refractivity contribution is 5.93. The smallest absolute Gasteiger partial charge is 0.409 e. The van der Waals surface area contributed by atoms with Gasteiger partial charge in [-0.1, -0.05) is 6.92 Å². The number of carbonyl (C=O) groups is 2. The van der Waals surface area contributed by atoms with Crippen molar-refractivity contribution in [2.75, 3.05) is 44.2 Å². The summed E-state index contributed by atoms with van der Waals surface area (Å²) in [4.78, 5) is 39.6. The van der Waals surface area contributed by atoms with Crippen LogP contribution in [0, 0.1) is 6.92 Å². The maximum Gasteiger partial charge on any atom is 0.409 e. The van der Waals surface area contributed by atoms with Gasteiger partial charge in [0.05, 0.1) is 6.61 Å². The van der Waals surface area contributed by atoms with E-state index in [1.165, 1.54) is 12.8 Å². The van der Waals surface area contributed by atoms with Gasteiger partial charge in [0.25, 0.3) is 5.91 Å². The molecule has 3 heterocycles. The second kappa shape index (κ2) is 9.21. The number of aromatic nitrogens is 2. The van der Waals surface area contributed by atoms with E-state index >= 15 is 0 Å². The number of hydrogen-bond donors (Lipinski definition) is 0. The lowest BCUT2D eigenvalue weighted by molar-refractivity contribution is 0.0565. The van der Waals surface area contributed by atoms with Crippen molar-refractivity contribution in [1.82, 2.24) is 19.8 Å². The molecule has 0 spiro atoms. The molecule has 154 valence electrons. The van der Waals surface area contributed by atoms with Crippen LogP contribution < -0.4 is 4.90 Å². The fraction of sp³-hybridized carbons (Fsp3) is 0.700. The van der Waals surface area contributed by atoms with Crippen LogP contribution in [0.25, 0.3) is 0 Å². The molecule has 8 heteroatoms. The van der Waals surface area contributed by atoms with Crippen LogP contribution in [0.15, 0.2) is 6.07 Å². The van der Waals surface area contributed by atoms with Crippen molar-refractivity contribution in [3.63, 3.8) is 0 Å². The third-order valence-electron chi connectivity index (χ3n) is 5.53. The molecule has 8 nitrogen and oxygen atoms in total. The van der Waals surface area contributed by atoms with E-state index in [9.17, 15) is 9.59 Å². The van der Waals surface area contributed by atoms with Crippen molar-refractivity contribution in [1.29, 1.82) is 0 Å². The number of nitrogens with zero attached hydrogens (tertiary/aromatic N) is 5. The second-order valence-electron chi connectivity index (χ2n) is 7.39. The zero-order valence-electron chi connectivity index (χ0n) is 17.2. The van der Waals surface area contributed by atoms with Crippen LogP contribution in [-0.4, -0.2) is 77.1 Å². The van der Waals surface area contributed by atoms with Crippen LogP contribution in [0.5, 0.6) is 0 Å². The summed E-state index contributed by atoms with van der Waals surface area (Å²) >= 11 is 0. The van der Waals surface area contributed by atoms with Crippen molar-refractivity contribution in [3.8, 4) is 0 Å². The van der Waals surface area contributed by atoms with Gasteiger partial charge in [-0.15, -0.1) is 0 Å².